The van der Waals surface area contributed by atoms with Gasteiger partial charge in [-0.15, -0.1) is 11.3 Å². The summed E-state index contributed by atoms with van der Waals surface area (Å²) in [4.78, 5) is 1.26. The fourth-order valence-corrected chi connectivity index (χ4v) is 3.54. The van der Waals surface area contributed by atoms with Crippen molar-refractivity contribution in [1.29, 1.82) is 0 Å². The van der Waals surface area contributed by atoms with Crippen molar-refractivity contribution in [2.45, 2.75) is 25.4 Å². The fourth-order valence-electron chi connectivity index (χ4n) is 2.04. The Morgan fingerprint density at radius 3 is 3.13 bits per heavy atom. The van der Waals surface area contributed by atoms with Crippen LogP contribution < -0.4 is 5.32 Å². The van der Waals surface area contributed by atoms with E-state index in [1.54, 1.807) is 11.3 Å². The van der Waals surface area contributed by atoms with Crippen LogP contribution in [0.5, 0.6) is 0 Å². The predicted molar refractivity (Wildman–Crippen MR) is 67.3 cm³/mol. The van der Waals surface area contributed by atoms with E-state index in [2.05, 4.69) is 32.7 Å². The first-order valence-corrected chi connectivity index (χ1v) is 7.04. The van der Waals surface area contributed by atoms with Crippen LogP contribution in [-0.2, 0) is 6.42 Å². The Morgan fingerprint density at radius 2 is 2.53 bits per heavy atom. The first kappa shape index (κ1) is 11.6. The second kappa shape index (κ2) is 5.43. The van der Waals surface area contributed by atoms with Crippen molar-refractivity contribution in [1.82, 2.24) is 5.32 Å². The number of thiophene rings is 1. The minimum Gasteiger partial charge on any atom is -0.392 e. The molecule has 2 atom stereocenters. The number of aliphatic hydroxyl groups excluding tert-OH is 1. The Bertz CT molecular complexity index is 309. The minimum atomic E-state index is -0.191. The maximum atomic E-state index is 10.1. The molecule has 1 aromatic heterocycles. The number of nitrogens with one attached hydrogen (secondary N) is 1. The van der Waals surface area contributed by atoms with Gasteiger partial charge < -0.3 is 10.4 Å². The van der Waals surface area contributed by atoms with Crippen molar-refractivity contribution in [3.8, 4) is 0 Å². The molecule has 1 aliphatic heterocycles. The molecule has 4 heteroatoms. The highest BCUT2D eigenvalue weighted by Gasteiger charge is 2.21. The van der Waals surface area contributed by atoms with Crippen LogP contribution in [0.15, 0.2) is 15.9 Å². The van der Waals surface area contributed by atoms with Gasteiger partial charge >= 0.3 is 0 Å². The van der Waals surface area contributed by atoms with Gasteiger partial charge in [-0.25, -0.2) is 0 Å². The van der Waals surface area contributed by atoms with E-state index in [1.807, 2.05) is 0 Å². The molecule has 0 radical (unpaired) electrons. The molecular formula is C11H16BrNOS. The highest BCUT2D eigenvalue weighted by molar-refractivity contribution is 9.10. The molecule has 0 spiro atoms. The smallest absolute Gasteiger partial charge is 0.0628 e. The monoisotopic (exact) mass is 289 g/mol. The molecule has 84 valence electrons. The van der Waals surface area contributed by atoms with Crippen molar-refractivity contribution in [2.24, 2.45) is 5.92 Å². The standard InChI is InChI=1S/C11H16BrNOS/c12-9-4-10(15-7-9)5-11(14)8-2-1-3-13-6-8/h4,7-8,11,13-14H,1-3,5-6H2. The lowest BCUT2D eigenvalue weighted by Gasteiger charge is -2.27. The second-order valence-electron chi connectivity index (χ2n) is 4.11. The van der Waals surface area contributed by atoms with E-state index in [0.29, 0.717) is 5.92 Å². The second-order valence-corrected chi connectivity index (χ2v) is 6.02. The Morgan fingerprint density at radius 1 is 1.67 bits per heavy atom. The summed E-state index contributed by atoms with van der Waals surface area (Å²) in [5.74, 6) is 0.430. The number of hydrogen-bond donors (Lipinski definition) is 2. The Hall–Kier alpha value is 0.1000. The molecule has 0 amide bonds. The summed E-state index contributed by atoms with van der Waals surface area (Å²) in [7, 11) is 0. The van der Waals surface area contributed by atoms with Crippen LogP contribution in [0, 0.1) is 5.92 Å². The third kappa shape index (κ3) is 3.28. The molecule has 1 aliphatic rings. The minimum absolute atomic E-state index is 0.191. The van der Waals surface area contributed by atoms with E-state index in [4.69, 9.17) is 0 Å². The first-order valence-electron chi connectivity index (χ1n) is 5.37. The average molecular weight is 290 g/mol. The van der Waals surface area contributed by atoms with Gasteiger partial charge in [0.1, 0.15) is 0 Å². The summed E-state index contributed by atoms with van der Waals surface area (Å²) in [5.41, 5.74) is 0. The number of piperidine rings is 1. The van der Waals surface area contributed by atoms with Crippen LogP contribution in [0.4, 0.5) is 0 Å². The molecule has 2 nitrogen and oxygen atoms in total. The van der Waals surface area contributed by atoms with Gasteiger partial charge in [0.2, 0.25) is 0 Å². The number of aliphatic hydroxyl groups is 1. The summed E-state index contributed by atoms with van der Waals surface area (Å²) >= 11 is 5.15. The lowest BCUT2D eigenvalue weighted by Crippen LogP contribution is -2.37. The number of halogens is 1. The predicted octanol–water partition coefficient (Wildman–Crippen LogP) is 2.41. The Kier molecular flexibility index (Phi) is 4.20. The lowest BCUT2D eigenvalue weighted by molar-refractivity contribution is 0.0929. The van der Waals surface area contributed by atoms with Crippen molar-refractivity contribution in [2.75, 3.05) is 13.1 Å². The number of rotatable bonds is 3. The van der Waals surface area contributed by atoms with Crippen molar-refractivity contribution >= 4 is 27.3 Å². The van der Waals surface area contributed by atoms with Crippen molar-refractivity contribution in [3.63, 3.8) is 0 Å². The average Bonchev–Trinajstić information content (AvgIpc) is 2.65. The van der Waals surface area contributed by atoms with E-state index in [0.717, 1.165) is 30.4 Å². The number of hydrogen-bond acceptors (Lipinski definition) is 3. The van der Waals surface area contributed by atoms with Crippen LogP contribution in [-0.4, -0.2) is 24.3 Å². The van der Waals surface area contributed by atoms with E-state index in [1.165, 1.54) is 11.3 Å². The molecule has 2 heterocycles. The van der Waals surface area contributed by atoms with Crippen molar-refractivity contribution in [3.05, 3.63) is 20.8 Å². The molecule has 0 bridgehead atoms. The van der Waals surface area contributed by atoms with Crippen LogP contribution in [0.2, 0.25) is 0 Å². The quantitative estimate of drug-likeness (QED) is 0.896. The highest BCUT2D eigenvalue weighted by Crippen LogP contribution is 2.24. The Labute approximate surface area is 103 Å². The molecule has 15 heavy (non-hydrogen) atoms. The lowest BCUT2D eigenvalue weighted by atomic mass is 9.92. The van der Waals surface area contributed by atoms with E-state index in [9.17, 15) is 5.11 Å². The first-order chi connectivity index (χ1) is 7.25. The van der Waals surface area contributed by atoms with Gasteiger partial charge in [-0.1, -0.05) is 0 Å². The molecule has 2 N–H and O–H groups in total. The van der Waals surface area contributed by atoms with E-state index in [-0.39, 0.29) is 6.10 Å². The zero-order chi connectivity index (χ0) is 10.7. The molecule has 1 aromatic rings. The zero-order valence-corrected chi connectivity index (χ0v) is 11.0. The molecule has 1 saturated heterocycles. The molecule has 0 aromatic carbocycles. The Balaban J connectivity index is 1.88. The molecule has 1 fully saturated rings. The van der Waals surface area contributed by atoms with Crippen LogP contribution in [0.3, 0.4) is 0 Å². The van der Waals surface area contributed by atoms with E-state index >= 15 is 0 Å². The molecule has 0 aliphatic carbocycles. The van der Waals surface area contributed by atoms with Gasteiger partial charge in [0.25, 0.3) is 0 Å². The van der Waals surface area contributed by atoms with Gasteiger partial charge in [-0.3, -0.25) is 0 Å². The third-order valence-corrected chi connectivity index (χ3v) is 4.63. The SMILES string of the molecule is OC(Cc1cc(Br)cs1)C1CCCNC1. The largest absolute Gasteiger partial charge is 0.392 e. The third-order valence-electron chi connectivity index (χ3n) is 2.91. The van der Waals surface area contributed by atoms with Gasteiger partial charge in [-0.05, 0) is 47.3 Å². The molecule has 2 rings (SSSR count). The van der Waals surface area contributed by atoms with Crippen molar-refractivity contribution < 1.29 is 5.11 Å². The molecular weight excluding hydrogens is 274 g/mol. The van der Waals surface area contributed by atoms with Gasteiger partial charge in [0.05, 0.1) is 6.10 Å². The van der Waals surface area contributed by atoms with E-state index < -0.39 is 0 Å². The van der Waals surface area contributed by atoms with Crippen LogP contribution in [0.25, 0.3) is 0 Å². The maximum Gasteiger partial charge on any atom is 0.0628 e. The summed E-state index contributed by atoms with van der Waals surface area (Å²) in [6.45, 7) is 2.07. The fraction of sp³-hybridized carbons (Fsp3) is 0.636. The summed E-state index contributed by atoms with van der Waals surface area (Å²) in [5, 5.41) is 15.5. The summed E-state index contributed by atoms with van der Waals surface area (Å²) in [6.07, 6.45) is 2.95. The normalized spacial score (nSPS) is 24.0. The molecule has 2 unspecified atom stereocenters. The maximum absolute atomic E-state index is 10.1. The van der Waals surface area contributed by atoms with Crippen LogP contribution >= 0.6 is 27.3 Å². The van der Waals surface area contributed by atoms with Gasteiger partial charge in [-0.2, -0.15) is 0 Å². The van der Waals surface area contributed by atoms with Crippen LogP contribution in [0.1, 0.15) is 17.7 Å². The van der Waals surface area contributed by atoms with Gasteiger partial charge in [0.15, 0.2) is 0 Å². The topological polar surface area (TPSA) is 32.3 Å². The summed E-state index contributed by atoms with van der Waals surface area (Å²) < 4.78 is 1.12. The zero-order valence-electron chi connectivity index (χ0n) is 8.58. The summed E-state index contributed by atoms with van der Waals surface area (Å²) in [6, 6.07) is 2.10. The van der Waals surface area contributed by atoms with Gasteiger partial charge in [0, 0.05) is 27.7 Å². The highest BCUT2D eigenvalue weighted by atomic mass is 79.9. The molecule has 0 saturated carbocycles.